The number of carbonyl (C=O) groups is 1. The van der Waals surface area contributed by atoms with Crippen molar-refractivity contribution in [2.75, 3.05) is 5.32 Å². The van der Waals surface area contributed by atoms with E-state index in [2.05, 4.69) is 5.32 Å². The molecular formula is C16H12ClN3O3S. The minimum absolute atomic E-state index is 0.0716. The molecule has 0 heterocycles. The summed E-state index contributed by atoms with van der Waals surface area (Å²) in [5.74, 6) is -0.615. The molecule has 0 spiro atoms. The molecule has 0 bridgehead atoms. The Bertz CT molecular complexity index is 928. The molecule has 0 unspecified atom stereocenters. The SMILES string of the molecule is N#CC(=Cc1ccc(Cl)cc1)C(=O)Nc1ccc(S(N)(=O)=O)cc1. The van der Waals surface area contributed by atoms with Gasteiger partial charge in [0, 0.05) is 10.7 Å². The van der Waals surface area contributed by atoms with E-state index in [1.165, 1.54) is 30.3 Å². The summed E-state index contributed by atoms with van der Waals surface area (Å²) in [7, 11) is -3.80. The van der Waals surface area contributed by atoms with E-state index in [4.69, 9.17) is 22.0 Å². The predicted molar refractivity (Wildman–Crippen MR) is 91.5 cm³/mol. The normalized spacial score (nSPS) is 11.6. The Hall–Kier alpha value is -2.66. The van der Waals surface area contributed by atoms with E-state index in [1.807, 2.05) is 6.07 Å². The summed E-state index contributed by atoms with van der Waals surface area (Å²) in [5, 5.41) is 17.2. The van der Waals surface area contributed by atoms with Gasteiger partial charge in [-0.3, -0.25) is 4.79 Å². The summed E-state index contributed by atoms with van der Waals surface area (Å²) in [6, 6.07) is 13.8. The fourth-order valence-corrected chi connectivity index (χ4v) is 2.44. The Morgan fingerprint density at radius 2 is 1.71 bits per heavy atom. The molecule has 8 heteroatoms. The Labute approximate surface area is 144 Å². The third-order valence-electron chi connectivity index (χ3n) is 2.99. The number of nitrogens with two attached hydrogens (primary N) is 1. The molecule has 0 aliphatic rings. The first-order valence-corrected chi connectivity index (χ1v) is 8.53. The maximum Gasteiger partial charge on any atom is 0.266 e. The maximum atomic E-state index is 12.1. The topological polar surface area (TPSA) is 113 Å². The second-order valence-corrected chi connectivity index (χ2v) is 6.74. The molecule has 0 radical (unpaired) electrons. The van der Waals surface area contributed by atoms with Gasteiger partial charge in [0.25, 0.3) is 5.91 Å². The van der Waals surface area contributed by atoms with Gasteiger partial charge in [-0.1, -0.05) is 23.7 Å². The van der Waals surface area contributed by atoms with E-state index in [-0.39, 0.29) is 10.5 Å². The molecule has 1 amide bonds. The molecule has 0 aliphatic carbocycles. The maximum absolute atomic E-state index is 12.1. The number of sulfonamides is 1. The molecule has 0 aliphatic heterocycles. The van der Waals surface area contributed by atoms with Crippen molar-refractivity contribution in [1.29, 1.82) is 5.26 Å². The van der Waals surface area contributed by atoms with Crippen molar-refractivity contribution in [1.82, 2.24) is 0 Å². The second-order valence-electron chi connectivity index (χ2n) is 4.74. The van der Waals surface area contributed by atoms with Crippen LogP contribution in [0.4, 0.5) is 5.69 Å². The van der Waals surface area contributed by atoms with Crippen molar-refractivity contribution in [2.45, 2.75) is 4.90 Å². The highest BCUT2D eigenvalue weighted by molar-refractivity contribution is 7.89. The van der Waals surface area contributed by atoms with Crippen LogP contribution in [0.15, 0.2) is 59.0 Å². The number of nitrogens with one attached hydrogen (secondary N) is 1. The number of nitrogens with zero attached hydrogens (tertiary/aromatic N) is 1. The van der Waals surface area contributed by atoms with Crippen LogP contribution in [0.3, 0.4) is 0 Å². The summed E-state index contributed by atoms with van der Waals surface area (Å²) in [6.07, 6.45) is 1.42. The highest BCUT2D eigenvalue weighted by Gasteiger charge is 2.11. The molecular weight excluding hydrogens is 350 g/mol. The Morgan fingerprint density at radius 3 is 2.21 bits per heavy atom. The van der Waals surface area contributed by atoms with Crippen molar-refractivity contribution in [3.05, 3.63) is 64.7 Å². The van der Waals surface area contributed by atoms with E-state index in [1.54, 1.807) is 24.3 Å². The minimum atomic E-state index is -3.80. The van der Waals surface area contributed by atoms with Crippen molar-refractivity contribution >= 4 is 39.3 Å². The lowest BCUT2D eigenvalue weighted by molar-refractivity contribution is -0.112. The molecule has 0 fully saturated rings. The Kier molecular flexibility index (Phi) is 5.36. The van der Waals surface area contributed by atoms with Crippen LogP contribution < -0.4 is 10.5 Å². The predicted octanol–water partition coefficient (Wildman–Crippen LogP) is 2.53. The molecule has 2 rings (SSSR count). The highest BCUT2D eigenvalue weighted by atomic mass is 35.5. The van der Waals surface area contributed by atoms with Crippen molar-refractivity contribution in [2.24, 2.45) is 5.14 Å². The number of primary sulfonamides is 1. The molecule has 0 atom stereocenters. The second kappa shape index (κ2) is 7.27. The first-order chi connectivity index (χ1) is 11.3. The van der Waals surface area contributed by atoms with Crippen molar-refractivity contribution in [3.63, 3.8) is 0 Å². The average molecular weight is 362 g/mol. The van der Waals surface area contributed by atoms with E-state index >= 15 is 0 Å². The van der Waals surface area contributed by atoms with Gasteiger partial charge < -0.3 is 5.32 Å². The minimum Gasteiger partial charge on any atom is -0.321 e. The quantitative estimate of drug-likeness (QED) is 0.643. The van der Waals surface area contributed by atoms with Crippen LogP contribution in [0.5, 0.6) is 0 Å². The average Bonchev–Trinajstić information content (AvgIpc) is 2.54. The standard InChI is InChI=1S/C16H12ClN3O3S/c17-13-3-1-11(2-4-13)9-12(10-18)16(21)20-14-5-7-15(8-6-14)24(19,22)23/h1-9H,(H,20,21)(H2,19,22,23). The monoisotopic (exact) mass is 361 g/mol. The summed E-state index contributed by atoms with van der Waals surface area (Å²) >= 11 is 5.78. The van der Waals surface area contributed by atoms with Gasteiger partial charge in [-0.2, -0.15) is 5.26 Å². The number of rotatable bonds is 4. The fraction of sp³-hybridized carbons (Fsp3) is 0. The van der Waals surface area contributed by atoms with Crippen LogP contribution in [0.1, 0.15) is 5.56 Å². The number of hydrogen-bond donors (Lipinski definition) is 2. The summed E-state index contributed by atoms with van der Waals surface area (Å²) in [4.78, 5) is 12.1. The smallest absolute Gasteiger partial charge is 0.266 e. The van der Waals surface area contributed by atoms with Gasteiger partial charge in [-0.25, -0.2) is 13.6 Å². The number of halogens is 1. The van der Waals surface area contributed by atoms with Gasteiger partial charge in [0.1, 0.15) is 11.6 Å². The van der Waals surface area contributed by atoms with Crippen LogP contribution in [0.25, 0.3) is 6.08 Å². The van der Waals surface area contributed by atoms with E-state index in [0.29, 0.717) is 16.3 Å². The van der Waals surface area contributed by atoms with Gasteiger partial charge >= 0.3 is 0 Å². The molecule has 24 heavy (non-hydrogen) atoms. The number of anilines is 1. The Balaban J connectivity index is 2.18. The number of nitriles is 1. The zero-order chi connectivity index (χ0) is 17.7. The third-order valence-corrected chi connectivity index (χ3v) is 4.17. The molecule has 0 saturated heterocycles. The van der Waals surface area contributed by atoms with Gasteiger partial charge in [0.2, 0.25) is 10.0 Å². The van der Waals surface area contributed by atoms with Crippen LogP contribution in [-0.4, -0.2) is 14.3 Å². The highest BCUT2D eigenvalue weighted by Crippen LogP contribution is 2.16. The van der Waals surface area contributed by atoms with E-state index in [9.17, 15) is 13.2 Å². The zero-order valence-corrected chi connectivity index (χ0v) is 13.8. The number of carbonyl (C=O) groups excluding carboxylic acids is 1. The number of amides is 1. The molecule has 0 aromatic heterocycles. The molecule has 2 aromatic rings. The summed E-state index contributed by atoms with van der Waals surface area (Å²) in [6.45, 7) is 0. The van der Waals surface area contributed by atoms with Crippen LogP contribution >= 0.6 is 11.6 Å². The molecule has 6 nitrogen and oxygen atoms in total. The summed E-state index contributed by atoms with van der Waals surface area (Å²) < 4.78 is 22.4. The fourth-order valence-electron chi connectivity index (χ4n) is 1.80. The van der Waals surface area contributed by atoms with Crippen LogP contribution in [0.2, 0.25) is 5.02 Å². The first kappa shape index (κ1) is 17.7. The molecule has 2 aromatic carbocycles. The van der Waals surface area contributed by atoms with Gasteiger partial charge in [-0.15, -0.1) is 0 Å². The van der Waals surface area contributed by atoms with E-state index in [0.717, 1.165) is 0 Å². The molecule has 122 valence electrons. The van der Waals surface area contributed by atoms with E-state index < -0.39 is 15.9 Å². The lowest BCUT2D eigenvalue weighted by Crippen LogP contribution is -2.14. The van der Waals surface area contributed by atoms with Crippen molar-refractivity contribution in [3.8, 4) is 6.07 Å². The lowest BCUT2D eigenvalue weighted by Gasteiger charge is -2.05. The third kappa shape index (κ3) is 4.67. The van der Waals surface area contributed by atoms with Gasteiger partial charge in [0.15, 0.2) is 0 Å². The van der Waals surface area contributed by atoms with Crippen LogP contribution in [-0.2, 0) is 14.8 Å². The lowest BCUT2D eigenvalue weighted by atomic mass is 10.1. The zero-order valence-electron chi connectivity index (χ0n) is 12.2. The molecule has 0 saturated carbocycles. The van der Waals surface area contributed by atoms with Gasteiger partial charge in [0.05, 0.1) is 4.90 Å². The van der Waals surface area contributed by atoms with Gasteiger partial charge in [-0.05, 0) is 48.0 Å². The first-order valence-electron chi connectivity index (χ1n) is 6.61. The molecule has 3 N–H and O–H groups in total. The largest absolute Gasteiger partial charge is 0.321 e. The van der Waals surface area contributed by atoms with Crippen LogP contribution in [0, 0.1) is 11.3 Å². The number of benzene rings is 2. The Morgan fingerprint density at radius 1 is 1.12 bits per heavy atom. The summed E-state index contributed by atoms with van der Waals surface area (Å²) in [5.41, 5.74) is 0.883. The number of hydrogen-bond acceptors (Lipinski definition) is 4. The van der Waals surface area contributed by atoms with Crippen molar-refractivity contribution < 1.29 is 13.2 Å².